The predicted octanol–water partition coefficient (Wildman–Crippen LogP) is 6.69. The smallest absolute Gasteiger partial charge is 0.267 e. The van der Waals surface area contributed by atoms with Crippen molar-refractivity contribution in [3.05, 3.63) is 132 Å². The number of benzene rings is 10. The van der Waals surface area contributed by atoms with E-state index in [1.165, 1.54) is 38.5 Å². The Morgan fingerprint density at radius 2 is 0.692 bits per heavy atom. The van der Waals surface area contributed by atoms with Crippen molar-refractivity contribution >= 4 is 119 Å². The zero-order chi connectivity index (χ0) is 74.6. The maximum absolute atomic E-state index is 13.8. The highest BCUT2D eigenvalue weighted by atomic mass is 32.2. The molecule has 28 heteroatoms. The Bertz CT molecular complexity index is 5480. The van der Waals surface area contributed by atoms with Crippen LogP contribution >= 0.6 is 0 Å². The maximum atomic E-state index is 13.8. The van der Waals surface area contributed by atoms with Crippen molar-refractivity contribution < 1.29 is 105 Å². The number of aromatic hydroxyl groups is 4. The highest BCUT2D eigenvalue weighted by Gasteiger charge is 2.35. The number of aliphatic hydroxyl groups excluding tert-OH is 6. The molecule has 0 bridgehead atoms. The first-order chi connectivity index (χ1) is 50.0. The number of fused-ring (bicyclic) bond motifs is 2. The van der Waals surface area contributed by atoms with E-state index in [1.54, 1.807) is 0 Å². The second kappa shape index (κ2) is 32.6. The largest absolute Gasteiger partial charge is 0.507 e. The van der Waals surface area contributed by atoms with Gasteiger partial charge in [0.2, 0.25) is 0 Å². The molecule has 10 N–H and O–H groups in total. The Labute approximate surface area is 596 Å². The third-order valence-electron chi connectivity index (χ3n) is 19.4. The van der Waals surface area contributed by atoms with Crippen molar-refractivity contribution in [2.45, 2.75) is 104 Å². The van der Waals surface area contributed by atoms with Crippen LogP contribution in [0, 0.1) is 0 Å². The van der Waals surface area contributed by atoms with Crippen LogP contribution in [0.4, 0.5) is 0 Å². The van der Waals surface area contributed by atoms with Gasteiger partial charge >= 0.3 is 0 Å². The molecule has 0 aromatic heterocycles. The van der Waals surface area contributed by atoms with Crippen LogP contribution in [0.2, 0.25) is 0 Å². The summed E-state index contributed by atoms with van der Waals surface area (Å²) in [6, 6.07) is 4.97. The zero-order valence-corrected chi connectivity index (χ0v) is 59.7. The van der Waals surface area contributed by atoms with Gasteiger partial charge in [0.05, 0.1) is 153 Å². The lowest BCUT2D eigenvalue weighted by atomic mass is 9.80. The van der Waals surface area contributed by atoms with Crippen LogP contribution in [0.25, 0.3) is 98.3 Å². The van der Waals surface area contributed by atoms with Gasteiger partial charge in [0.15, 0.2) is 44.7 Å². The van der Waals surface area contributed by atoms with E-state index in [1.807, 2.05) is 26.0 Å². The molecule has 0 fully saturated rings. The highest BCUT2D eigenvalue weighted by Crippen LogP contribution is 2.56. The summed E-state index contributed by atoms with van der Waals surface area (Å²) in [6.45, 7) is 2.70. The molecule has 10 aromatic carbocycles. The van der Waals surface area contributed by atoms with E-state index in [0.29, 0.717) is 143 Å². The first-order valence-corrected chi connectivity index (χ1v) is 37.5. The number of methoxy groups -OCH3 is 2. The molecule has 0 saturated heterocycles. The number of hydrogen-bond donors (Lipinski definition) is 10. The quantitative estimate of drug-likeness (QED) is 0.00846. The summed E-state index contributed by atoms with van der Waals surface area (Å²) in [5.41, 5.74) is 3.92. The van der Waals surface area contributed by atoms with Crippen LogP contribution in [-0.4, -0.2) is 173 Å². The van der Waals surface area contributed by atoms with Gasteiger partial charge in [0.25, 0.3) is 20.2 Å². The van der Waals surface area contributed by atoms with Crippen LogP contribution in [-0.2, 0) is 99.7 Å². The number of phenols is 4. The van der Waals surface area contributed by atoms with E-state index in [0.717, 1.165) is 11.1 Å². The highest BCUT2D eigenvalue weighted by molar-refractivity contribution is 7.86. The van der Waals surface area contributed by atoms with E-state index in [4.69, 9.17) is 47.0 Å². The Hall–Kier alpha value is -8.30. The maximum Gasteiger partial charge on any atom is 0.267 e. The molecular formula is C76H84O26S2. The molecule has 26 nitrogen and oxygen atoms in total. The second-order valence-electron chi connectivity index (χ2n) is 26.0. The van der Waals surface area contributed by atoms with Crippen molar-refractivity contribution in [1.82, 2.24) is 0 Å². The van der Waals surface area contributed by atoms with Gasteiger partial charge in [-0.3, -0.25) is 27.5 Å². The number of allylic oxidation sites excluding steroid dienone is 2. The summed E-state index contributed by atoms with van der Waals surface area (Å²) >= 11 is 0. The Morgan fingerprint density at radius 1 is 0.356 bits per heavy atom. The minimum absolute atomic E-state index is 0.0149. The Morgan fingerprint density at radius 3 is 1.11 bits per heavy atom. The summed E-state index contributed by atoms with van der Waals surface area (Å²) in [6.07, 6.45) is 7.38. The average molecular weight is 1480 g/mol. The molecule has 2 aliphatic carbocycles. The normalized spacial score (nSPS) is 13.3. The molecule has 0 spiro atoms. The standard InChI is InChI=1S/2C38H42O13S/c2*1-20-14-24-23(6-4-3-5-13-52(46,47)51-12-11-50-10-9-49-8-7-39)36(44)32-26(42)16-21(18-40)28-29-22(19-41)17-27(43)33-35(29)31(30(24)34(28)32)25(15-20)38(48-2)37(33)45/h15-17,39-41,44-45H,3-14,18-19H2,1-2H3;14,16-17,39-41,44-45H,3-13,15,18-19H2,1-2H3. The van der Waals surface area contributed by atoms with E-state index in [-0.39, 0.29) is 188 Å². The van der Waals surface area contributed by atoms with E-state index >= 15 is 0 Å². The van der Waals surface area contributed by atoms with Crippen molar-refractivity contribution in [2.24, 2.45) is 0 Å². The molecule has 556 valence electrons. The van der Waals surface area contributed by atoms with Gasteiger partial charge < -0.3 is 79.5 Å². The van der Waals surface area contributed by atoms with E-state index in [2.05, 4.69) is 0 Å². The summed E-state index contributed by atoms with van der Waals surface area (Å²) in [5.74, 6) is -1.41. The summed E-state index contributed by atoms with van der Waals surface area (Å²) in [5, 5.41) is 112. The summed E-state index contributed by atoms with van der Waals surface area (Å²) in [4.78, 5) is 54.8. The molecule has 0 heterocycles. The molecule has 12 rings (SSSR count). The minimum atomic E-state index is -3.81. The third kappa shape index (κ3) is 14.5. The van der Waals surface area contributed by atoms with Gasteiger partial charge in [-0.2, -0.15) is 16.8 Å². The molecule has 10 aromatic rings. The van der Waals surface area contributed by atoms with Gasteiger partial charge in [0.1, 0.15) is 11.5 Å². The lowest BCUT2D eigenvalue weighted by Crippen LogP contribution is -2.16. The van der Waals surface area contributed by atoms with Crippen molar-refractivity contribution in [2.75, 3.05) is 105 Å². The van der Waals surface area contributed by atoms with Crippen molar-refractivity contribution in [3.63, 3.8) is 0 Å². The average Bonchev–Trinajstić information content (AvgIpc) is 1.10. The number of ether oxygens (including phenoxy) is 6. The molecule has 0 saturated carbocycles. The number of aliphatic hydroxyl groups is 6. The zero-order valence-electron chi connectivity index (χ0n) is 58.1. The molecule has 104 heavy (non-hydrogen) atoms. The predicted molar refractivity (Wildman–Crippen MR) is 393 cm³/mol. The molecule has 0 atom stereocenters. The lowest BCUT2D eigenvalue weighted by molar-refractivity contribution is 0.0252. The molecule has 0 aliphatic heterocycles. The number of unbranched alkanes of at least 4 members (excludes halogenated alkanes) is 4. The molecule has 0 amide bonds. The number of rotatable bonds is 36. The van der Waals surface area contributed by atoms with Gasteiger partial charge in [-0.05, 0) is 166 Å². The van der Waals surface area contributed by atoms with Crippen LogP contribution in [0.3, 0.4) is 0 Å². The number of phenolic OH excluding ortho intramolecular Hbond substituents is 4. The van der Waals surface area contributed by atoms with Crippen LogP contribution < -0.4 is 31.2 Å². The van der Waals surface area contributed by atoms with Gasteiger partial charge in [-0.1, -0.05) is 36.1 Å². The lowest BCUT2D eigenvalue weighted by Gasteiger charge is -2.24. The Kier molecular flexibility index (Phi) is 24.1. The summed E-state index contributed by atoms with van der Waals surface area (Å²) < 4.78 is 92.1. The Balaban J connectivity index is 0.000000208. The molecule has 0 radical (unpaired) electrons. The molecular weight excluding hydrogens is 1390 g/mol. The fourth-order valence-corrected chi connectivity index (χ4v) is 17.3. The first kappa shape index (κ1) is 76.8. The van der Waals surface area contributed by atoms with Crippen molar-refractivity contribution in [1.29, 1.82) is 0 Å². The topological polar surface area (TPSA) is 413 Å². The fourth-order valence-electron chi connectivity index (χ4n) is 15.3. The van der Waals surface area contributed by atoms with Crippen LogP contribution in [0.1, 0.15) is 108 Å². The van der Waals surface area contributed by atoms with E-state index < -0.39 is 68.4 Å². The molecule has 0 unspecified atom stereocenters. The van der Waals surface area contributed by atoms with Crippen LogP contribution in [0.5, 0.6) is 34.5 Å². The SMILES string of the molecule is COc1c(O)c2c(=O)cc(CO)c3c4c(CO)cc(=O)c5c(O)c(CCCCCS(=O)(=O)OCCOCCOCCO)c6c(c(c1C=C(C)C6)c23)c54.COc1c(O)c2c(=O)cc(CO)c3c4c(CO)cc(=O)c5c(O)c(CCCCCS(=O)(=O)OCCOCCOCCO)c6c(c(c1CC(C)=C6)c23)c54. The van der Waals surface area contributed by atoms with Gasteiger partial charge in [-0.25, -0.2) is 0 Å². The second-order valence-corrected chi connectivity index (χ2v) is 29.5. The first-order valence-electron chi connectivity index (χ1n) is 34.3. The monoisotopic (exact) mass is 1480 g/mol. The van der Waals surface area contributed by atoms with Crippen molar-refractivity contribution in [3.8, 4) is 34.5 Å². The van der Waals surface area contributed by atoms with Crippen LogP contribution in [0.15, 0.2) is 54.6 Å². The van der Waals surface area contributed by atoms with E-state index in [9.17, 15) is 76.9 Å². The minimum Gasteiger partial charge on any atom is -0.507 e. The summed E-state index contributed by atoms with van der Waals surface area (Å²) in [7, 11) is -4.84. The van der Waals surface area contributed by atoms with Gasteiger partial charge in [0, 0.05) is 43.6 Å². The molecule has 2 aliphatic rings. The van der Waals surface area contributed by atoms with Gasteiger partial charge in [-0.15, -0.1) is 0 Å². The fraction of sp³-hybridized carbons (Fsp3) is 0.421. The number of hydrogen-bond acceptors (Lipinski definition) is 26. The third-order valence-corrected chi connectivity index (χ3v) is 22.0.